The average molecular weight is 474 g/mol. The molecular weight excluding hydrogens is 449 g/mol. The Morgan fingerprint density at radius 2 is 1.88 bits per heavy atom. The SMILES string of the molecule is O=C(NC(COc1ccccc1F)c1ccccc1)C1=NN(C2CCS(=O)(=O)C2)C(=O)CC1. The van der Waals surface area contributed by atoms with E-state index in [1.165, 1.54) is 12.1 Å². The standard InChI is InChI=1S/C23H24FN3O5S/c24-18-8-4-5-9-21(18)32-14-20(16-6-2-1-3-7-16)25-23(29)19-10-11-22(28)27(26-19)17-12-13-33(30,31)15-17/h1-9,17,20H,10-15H2,(H,25,29). The highest BCUT2D eigenvalue weighted by molar-refractivity contribution is 7.91. The van der Waals surface area contributed by atoms with E-state index in [0.717, 1.165) is 10.6 Å². The quantitative estimate of drug-likeness (QED) is 0.664. The van der Waals surface area contributed by atoms with Gasteiger partial charge in [0.15, 0.2) is 21.4 Å². The zero-order chi connectivity index (χ0) is 23.4. The average Bonchev–Trinajstić information content (AvgIpc) is 3.17. The van der Waals surface area contributed by atoms with Crippen LogP contribution in [-0.4, -0.2) is 55.1 Å². The summed E-state index contributed by atoms with van der Waals surface area (Å²) in [5, 5.41) is 8.22. The number of nitrogens with one attached hydrogen (secondary N) is 1. The lowest BCUT2D eigenvalue weighted by Gasteiger charge is -2.28. The molecule has 0 aromatic heterocycles. The Labute approximate surface area is 191 Å². The van der Waals surface area contributed by atoms with Crippen LogP contribution in [0.2, 0.25) is 0 Å². The van der Waals surface area contributed by atoms with Crippen LogP contribution in [0.4, 0.5) is 4.39 Å². The van der Waals surface area contributed by atoms with Gasteiger partial charge in [-0.05, 0) is 24.1 Å². The molecule has 2 heterocycles. The smallest absolute Gasteiger partial charge is 0.268 e. The highest BCUT2D eigenvalue weighted by atomic mass is 32.2. The van der Waals surface area contributed by atoms with Crippen molar-refractivity contribution >= 4 is 27.4 Å². The van der Waals surface area contributed by atoms with Gasteiger partial charge in [-0.2, -0.15) is 5.10 Å². The molecule has 10 heteroatoms. The first kappa shape index (κ1) is 22.9. The Kier molecular flexibility index (Phi) is 6.73. The second-order valence-electron chi connectivity index (χ2n) is 8.02. The van der Waals surface area contributed by atoms with E-state index < -0.39 is 33.6 Å². The molecule has 2 aliphatic rings. The van der Waals surface area contributed by atoms with Crippen molar-refractivity contribution in [2.75, 3.05) is 18.1 Å². The van der Waals surface area contributed by atoms with Crippen LogP contribution in [-0.2, 0) is 19.4 Å². The van der Waals surface area contributed by atoms with Crippen LogP contribution in [0.5, 0.6) is 5.75 Å². The van der Waals surface area contributed by atoms with Crippen LogP contribution in [0.3, 0.4) is 0 Å². The highest BCUT2D eigenvalue weighted by Gasteiger charge is 2.37. The maximum atomic E-state index is 14.0. The Bertz CT molecular complexity index is 1170. The van der Waals surface area contributed by atoms with Crippen LogP contribution in [0, 0.1) is 5.82 Å². The fourth-order valence-electron chi connectivity index (χ4n) is 3.87. The van der Waals surface area contributed by atoms with Gasteiger partial charge in [0, 0.05) is 12.8 Å². The molecule has 0 radical (unpaired) electrons. The van der Waals surface area contributed by atoms with E-state index in [2.05, 4.69) is 10.4 Å². The number of carbonyl (C=O) groups is 2. The zero-order valence-corrected chi connectivity index (χ0v) is 18.6. The summed E-state index contributed by atoms with van der Waals surface area (Å²) in [5.74, 6) is -1.37. The van der Waals surface area contributed by atoms with E-state index in [-0.39, 0.29) is 48.3 Å². The monoisotopic (exact) mass is 473 g/mol. The minimum absolute atomic E-state index is 0.00195. The van der Waals surface area contributed by atoms with Gasteiger partial charge in [0.2, 0.25) is 5.91 Å². The second kappa shape index (κ2) is 9.70. The van der Waals surface area contributed by atoms with Crippen molar-refractivity contribution in [3.8, 4) is 5.75 Å². The molecule has 2 unspecified atom stereocenters. The number of ether oxygens (including phenoxy) is 1. The minimum Gasteiger partial charge on any atom is -0.488 e. The van der Waals surface area contributed by atoms with Crippen LogP contribution < -0.4 is 10.1 Å². The topological polar surface area (TPSA) is 105 Å². The molecule has 0 aliphatic carbocycles. The minimum atomic E-state index is -3.21. The molecule has 0 bridgehead atoms. The van der Waals surface area contributed by atoms with Crippen molar-refractivity contribution in [2.45, 2.75) is 31.3 Å². The fourth-order valence-corrected chi connectivity index (χ4v) is 5.56. The molecule has 0 spiro atoms. The van der Waals surface area contributed by atoms with Crippen LogP contribution in [0.15, 0.2) is 59.7 Å². The lowest BCUT2D eigenvalue weighted by atomic mass is 10.1. The van der Waals surface area contributed by atoms with Gasteiger partial charge < -0.3 is 10.1 Å². The number of carbonyl (C=O) groups excluding carboxylic acids is 2. The summed E-state index contributed by atoms with van der Waals surface area (Å²) in [7, 11) is -3.21. The van der Waals surface area contributed by atoms with Gasteiger partial charge in [-0.25, -0.2) is 17.8 Å². The fraction of sp³-hybridized carbons (Fsp3) is 0.348. The lowest BCUT2D eigenvalue weighted by molar-refractivity contribution is -0.133. The summed E-state index contributed by atoms with van der Waals surface area (Å²) in [5.41, 5.74) is 0.902. The lowest BCUT2D eigenvalue weighted by Crippen LogP contribution is -2.45. The maximum absolute atomic E-state index is 14.0. The molecule has 0 saturated carbocycles. The van der Waals surface area contributed by atoms with Gasteiger partial charge in [0.05, 0.1) is 23.6 Å². The number of rotatable bonds is 7. The number of para-hydroxylation sites is 1. The molecular formula is C23H24FN3O5S. The first-order chi connectivity index (χ1) is 15.8. The van der Waals surface area contributed by atoms with Gasteiger partial charge in [-0.3, -0.25) is 9.59 Å². The van der Waals surface area contributed by atoms with E-state index in [1.54, 1.807) is 12.1 Å². The van der Waals surface area contributed by atoms with Crippen molar-refractivity contribution in [3.63, 3.8) is 0 Å². The molecule has 4 rings (SSSR count). The Balaban J connectivity index is 1.50. The third kappa shape index (κ3) is 5.57. The largest absolute Gasteiger partial charge is 0.488 e. The van der Waals surface area contributed by atoms with Gasteiger partial charge in [-0.15, -0.1) is 0 Å². The molecule has 2 aromatic carbocycles. The predicted molar refractivity (Wildman–Crippen MR) is 120 cm³/mol. The number of halogens is 1. The van der Waals surface area contributed by atoms with E-state index in [0.29, 0.717) is 6.42 Å². The van der Waals surface area contributed by atoms with E-state index in [4.69, 9.17) is 4.74 Å². The van der Waals surface area contributed by atoms with Gasteiger partial charge in [0.1, 0.15) is 12.3 Å². The molecule has 174 valence electrons. The molecule has 1 fully saturated rings. The summed E-state index contributed by atoms with van der Waals surface area (Å²) in [6.45, 7) is -0.0204. The van der Waals surface area contributed by atoms with Crippen LogP contribution in [0.1, 0.15) is 30.9 Å². The van der Waals surface area contributed by atoms with Crippen molar-refractivity contribution in [1.29, 1.82) is 0 Å². The van der Waals surface area contributed by atoms with E-state index >= 15 is 0 Å². The van der Waals surface area contributed by atoms with Crippen molar-refractivity contribution in [2.24, 2.45) is 5.10 Å². The summed E-state index contributed by atoms with van der Waals surface area (Å²) in [6.07, 6.45) is 0.524. The van der Waals surface area contributed by atoms with Gasteiger partial charge in [-0.1, -0.05) is 42.5 Å². The van der Waals surface area contributed by atoms with Crippen molar-refractivity contribution in [3.05, 3.63) is 66.0 Å². The number of sulfone groups is 1. The number of hydrazone groups is 1. The van der Waals surface area contributed by atoms with Crippen LogP contribution >= 0.6 is 0 Å². The molecule has 2 atom stereocenters. The number of nitrogens with zero attached hydrogens (tertiary/aromatic N) is 2. The molecule has 2 amide bonds. The molecule has 1 saturated heterocycles. The van der Waals surface area contributed by atoms with Crippen molar-refractivity contribution in [1.82, 2.24) is 10.3 Å². The van der Waals surface area contributed by atoms with Gasteiger partial charge >= 0.3 is 0 Å². The van der Waals surface area contributed by atoms with Gasteiger partial charge in [0.25, 0.3) is 5.91 Å². The van der Waals surface area contributed by atoms with E-state index in [9.17, 15) is 22.4 Å². The second-order valence-corrected chi connectivity index (χ2v) is 10.2. The van der Waals surface area contributed by atoms with Crippen molar-refractivity contribution < 1.29 is 27.1 Å². The summed E-state index contributed by atoms with van der Waals surface area (Å²) >= 11 is 0. The number of amides is 2. The number of hydrogen-bond donors (Lipinski definition) is 1. The molecule has 33 heavy (non-hydrogen) atoms. The third-order valence-corrected chi connectivity index (χ3v) is 7.38. The zero-order valence-electron chi connectivity index (χ0n) is 17.8. The van der Waals surface area contributed by atoms with E-state index in [1.807, 2.05) is 30.3 Å². The third-order valence-electron chi connectivity index (χ3n) is 5.63. The Hall–Kier alpha value is -3.27. The Morgan fingerprint density at radius 3 is 2.58 bits per heavy atom. The molecule has 2 aromatic rings. The normalized spacial score (nSPS) is 20.8. The van der Waals surface area contributed by atoms with Crippen LogP contribution in [0.25, 0.3) is 0 Å². The molecule has 2 aliphatic heterocycles. The first-order valence-electron chi connectivity index (χ1n) is 10.7. The first-order valence-corrected chi connectivity index (χ1v) is 12.5. The Morgan fingerprint density at radius 1 is 1.15 bits per heavy atom. The maximum Gasteiger partial charge on any atom is 0.268 e. The summed E-state index contributed by atoms with van der Waals surface area (Å²) in [6, 6.07) is 14.0. The predicted octanol–water partition coefficient (Wildman–Crippen LogP) is 2.23. The molecule has 8 nitrogen and oxygen atoms in total. The highest BCUT2D eigenvalue weighted by Crippen LogP contribution is 2.23. The molecule has 1 N–H and O–H groups in total. The number of hydrogen-bond acceptors (Lipinski definition) is 6. The summed E-state index contributed by atoms with van der Waals surface area (Å²) in [4.78, 5) is 25.4. The summed E-state index contributed by atoms with van der Waals surface area (Å²) < 4.78 is 43.2. The number of benzene rings is 2.